The van der Waals surface area contributed by atoms with E-state index < -0.39 is 0 Å². The number of nitrogens with zero attached hydrogens (tertiary/aromatic N) is 1. The highest BCUT2D eigenvalue weighted by Gasteiger charge is 2.34. The van der Waals surface area contributed by atoms with Crippen molar-refractivity contribution in [2.75, 3.05) is 12.4 Å². The van der Waals surface area contributed by atoms with Crippen molar-refractivity contribution in [1.29, 1.82) is 0 Å². The van der Waals surface area contributed by atoms with Gasteiger partial charge in [0.1, 0.15) is 5.69 Å². The predicted octanol–water partition coefficient (Wildman–Crippen LogP) is 7.33. The Labute approximate surface area is 204 Å². The van der Waals surface area contributed by atoms with Gasteiger partial charge >= 0.3 is 5.97 Å². The molecule has 1 aliphatic rings. The Hall–Kier alpha value is -2.25. The van der Waals surface area contributed by atoms with Crippen LogP contribution in [-0.2, 0) is 16.6 Å². The summed E-state index contributed by atoms with van der Waals surface area (Å²) >= 11 is 2.01. The molecule has 0 aliphatic carbocycles. The van der Waals surface area contributed by atoms with Gasteiger partial charge in [-0.3, -0.25) is 0 Å². The summed E-state index contributed by atoms with van der Waals surface area (Å²) in [4.78, 5) is 17.7. The highest BCUT2D eigenvalue weighted by molar-refractivity contribution is 7.99. The lowest BCUT2D eigenvalue weighted by Gasteiger charge is -2.38. The first kappa shape index (κ1) is 25.4. The van der Waals surface area contributed by atoms with E-state index in [1.807, 2.05) is 11.8 Å². The third-order valence-corrected chi connectivity index (χ3v) is 7.93. The zero-order valence-corrected chi connectivity index (χ0v) is 21.4. The summed E-state index contributed by atoms with van der Waals surface area (Å²) in [5.74, 6) is 7.55. The lowest BCUT2D eigenvalue weighted by molar-refractivity contribution is 0.0526. The monoisotopic (exact) mass is 463 g/mol. The number of carbonyl (C=O) groups excluding carboxylic acids is 1. The number of rotatable bonds is 9. The molecule has 0 unspecified atom stereocenters. The van der Waals surface area contributed by atoms with Gasteiger partial charge in [0.2, 0.25) is 0 Å². The molecule has 0 N–H and O–H groups in total. The lowest BCUT2D eigenvalue weighted by Crippen LogP contribution is -2.29. The number of carbonyl (C=O) groups is 1. The Morgan fingerprint density at radius 2 is 1.91 bits per heavy atom. The molecule has 0 bridgehead atoms. The SMILES string of the molecule is CCCCCCc1cc2c(cc1C#Cc1ccc(C(=O)OCC)cn1)C(CC)(CC)CCS2. The van der Waals surface area contributed by atoms with Crippen molar-refractivity contribution in [2.24, 2.45) is 0 Å². The number of unbranched alkanes of at least 4 members (excludes halogenated alkanes) is 3. The number of benzene rings is 1. The summed E-state index contributed by atoms with van der Waals surface area (Å²) in [5.41, 5.74) is 5.36. The highest BCUT2D eigenvalue weighted by Crippen LogP contribution is 2.47. The molecule has 0 saturated carbocycles. The van der Waals surface area contributed by atoms with E-state index in [9.17, 15) is 4.79 Å². The predicted molar refractivity (Wildman–Crippen MR) is 138 cm³/mol. The number of hydrogen-bond acceptors (Lipinski definition) is 4. The molecule has 1 aromatic heterocycles. The Balaban J connectivity index is 1.94. The first-order valence-electron chi connectivity index (χ1n) is 12.5. The van der Waals surface area contributed by atoms with Crippen LogP contribution in [0.15, 0.2) is 35.4 Å². The van der Waals surface area contributed by atoms with Gasteiger partial charge in [-0.25, -0.2) is 9.78 Å². The first-order valence-corrected chi connectivity index (χ1v) is 13.5. The normalized spacial score (nSPS) is 14.2. The minimum absolute atomic E-state index is 0.261. The van der Waals surface area contributed by atoms with E-state index in [1.54, 1.807) is 25.3 Å². The minimum atomic E-state index is -0.346. The molecule has 0 fully saturated rings. The van der Waals surface area contributed by atoms with Crippen molar-refractivity contribution in [1.82, 2.24) is 4.98 Å². The average molecular weight is 464 g/mol. The van der Waals surface area contributed by atoms with Crippen molar-refractivity contribution in [3.05, 3.63) is 58.4 Å². The van der Waals surface area contributed by atoms with Crippen LogP contribution < -0.4 is 0 Å². The molecule has 3 rings (SSSR count). The third-order valence-electron chi connectivity index (χ3n) is 6.87. The maximum absolute atomic E-state index is 11.9. The summed E-state index contributed by atoms with van der Waals surface area (Å²) in [6.45, 7) is 9.05. The van der Waals surface area contributed by atoms with E-state index >= 15 is 0 Å². The molecule has 0 atom stereocenters. The second-order valence-corrected chi connectivity index (χ2v) is 9.94. The minimum Gasteiger partial charge on any atom is -0.462 e. The van der Waals surface area contributed by atoms with E-state index in [2.05, 4.69) is 49.7 Å². The number of aromatic nitrogens is 1. The van der Waals surface area contributed by atoms with Gasteiger partial charge in [-0.2, -0.15) is 0 Å². The van der Waals surface area contributed by atoms with Gasteiger partial charge in [0, 0.05) is 16.7 Å². The fraction of sp³-hybridized carbons (Fsp3) is 0.517. The second kappa shape index (κ2) is 12.3. The molecule has 0 radical (unpaired) electrons. The smallest absolute Gasteiger partial charge is 0.339 e. The molecule has 2 aromatic rings. The quantitative estimate of drug-likeness (QED) is 0.222. The van der Waals surface area contributed by atoms with Crippen LogP contribution in [0, 0.1) is 11.8 Å². The Morgan fingerprint density at radius 3 is 2.58 bits per heavy atom. The largest absolute Gasteiger partial charge is 0.462 e. The molecule has 3 nitrogen and oxygen atoms in total. The van der Waals surface area contributed by atoms with Gasteiger partial charge in [-0.15, -0.1) is 11.8 Å². The van der Waals surface area contributed by atoms with Gasteiger partial charge in [-0.05, 0) is 91.5 Å². The van der Waals surface area contributed by atoms with E-state index in [-0.39, 0.29) is 11.4 Å². The first-order chi connectivity index (χ1) is 16.1. The highest BCUT2D eigenvalue weighted by atomic mass is 32.2. The number of esters is 1. The third kappa shape index (κ3) is 6.21. The number of thioether (sulfide) groups is 1. The average Bonchev–Trinajstić information content (AvgIpc) is 2.85. The van der Waals surface area contributed by atoms with E-state index in [1.165, 1.54) is 53.9 Å². The Bertz CT molecular complexity index is 997. The molecule has 4 heteroatoms. The summed E-state index contributed by atoms with van der Waals surface area (Å²) in [7, 11) is 0. The summed E-state index contributed by atoms with van der Waals surface area (Å²) in [6, 6.07) is 8.34. The number of pyridine rings is 1. The molecule has 33 heavy (non-hydrogen) atoms. The molecule has 1 aliphatic heterocycles. The molecule has 0 spiro atoms. The molecule has 2 heterocycles. The maximum Gasteiger partial charge on any atom is 0.339 e. The van der Waals surface area contributed by atoms with Crippen molar-refractivity contribution in [3.63, 3.8) is 0 Å². The molecule has 176 valence electrons. The molecule has 0 saturated heterocycles. The topological polar surface area (TPSA) is 39.2 Å². The number of aryl methyl sites for hydroxylation is 1. The van der Waals surface area contributed by atoms with Crippen molar-refractivity contribution >= 4 is 17.7 Å². The van der Waals surface area contributed by atoms with Crippen LogP contribution in [0.5, 0.6) is 0 Å². The van der Waals surface area contributed by atoms with Crippen LogP contribution >= 0.6 is 11.8 Å². The van der Waals surface area contributed by atoms with Crippen LogP contribution in [-0.4, -0.2) is 23.3 Å². The second-order valence-electron chi connectivity index (χ2n) is 8.80. The summed E-state index contributed by atoms with van der Waals surface area (Å²) in [6.07, 6.45) is 11.2. The standard InChI is InChI=1S/C29H37NO2S/c1-5-9-10-11-12-22-20-27-26(29(6-2,7-3)17-18-33-27)19-23(22)13-15-25-16-14-24(21-30-25)28(31)32-8-4/h14,16,19-21H,5-12,17-18H2,1-4H3. The van der Waals surface area contributed by atoms with Crippen molar-refractivity contribution in [2.45, 2.75) is 89.4 Å². The molecule has 1 aromatic carbocycles. The zero-order valence-electron chi connectivity index (χ0n) is 20.6. The fourth-order valence-electron chi connectivity index (χ4n) is 4.63. The molecule has 0 amide bonds. The van der Waals surface area contributed by atoms with Gasteiger partial charge in [0.05, 0.1) is 12.2 Å². The summed E-state index contributed by atoms with van der Waals surface area (Å²) in [5, 5.41) is 0. The van der Waals surface area contributed by atoms with Crippen molar-refractivity contribution < 1.29 is 9.53 Å². The van der Waals surface area contributed by atoms with Crippen molar-refractivity contribution in [3.8, 4) is 11.8 Å². The van der Waals surface area contributed by atoms with E-state index in [0.717, 1.165) is 24.8 Å². The van der Waals surface area contributed by atoms with E-state index in [4.69, 9.17) is 4.74 Å². The number of hydrogen-bond donors (Lipinski definition) is 0. The number of fused-ring (bicyclic) bond motifs is 1. The Morgan fingerprint density at radius 1 is 1.09 bits per heavy atom. The van der Waals surface area contributed by atoms with Crippen LogP contribution in [0.2, 0.25) is 0 Å². The lowest BCUT2D eigenvalue weighted by atomic mass is 9.72. The van der Waals surface area contributed by atoms with E-state index in [0.29, 0.717) is 17.9 Å². The van der Waals surface area contributed by atoms with Gasteiger partial charge in [0.25, 0.3) is 0 Å². The summed E-state index contributed by atoms with van der Waals surface area (Å²) < 4.78 is 5.04. The van der Waals surface area contributed by atoms with Crippen LogP contribution in [0.3, 0.4) is 0 Å². The number of ether oxygens (including phenoxy) is 1. The van der Waals surface area contributed by atoms with Crippen LogP contribution in [0.4, 0.5) is 0 Å². The van der Waals surface area contributed by atoms with Crippen LogP contribution in [0.1, 0.15) is 105 Å². The van der Waals surface area contributed by atoms with Gasteiger partial charge in [-0.1, -0.05) is 46.0 Å². The van der Waals surface area contributed by atoms with Gasteiger partial charge in [0.15, 0.2) is 0 Å². The zero-order chi connectivity index (χ0) is 23.7. The molecular weight excluding hydrogens is 426 g/mol. The fourth-order valence-corrected chi connectivity index (χ4v) is 6.00. The van der Waals surface area contributed by atoms with Crippen LogP contribution in [0.25, 0.3) is 0 Å². The van der Waals surface area contributed by atoms with Gasteiger partial charge < -0.3 is 4.74 Å². The Kier molecular flexibility index (Phi) is 9.44. The molecular formula is C29H37NO2S. The maximum atomic E-state index is 11.9.